The van der Waals surface area contributed by atoms with Crippen LogP contribution in [0, 0.1) is 46.5 Å². The molecule has 0 aliphatic carbocycles. The fourth-order valence-corrected chi connectivity index (χ4v) is 3.15. The van der Waals surface area contributed by atoms with Gasteiger partial charge in [0.25, 0.3) is 0 Å². The minimum absolute atomic E-state index is 0.238. The number of carbonyl (C=O) groups is 2. The van der Waals surface area contributed by atoms with Gasteiger partial charge in [0.1, 0.15) is 11.5 Å². The summed E-state index contributed by atoms with van der Waals surface area (Å²) in [4.78, 5) is 24.8. The molecule has 4 aromatic carbocycles. The van der Waals surface area contributed by atoms with E-state index in [1.165, 1.54) is 0 Å². The van der Waals surface area contributed by atoms with Crippen molar-refractivity contribution in [3.05, 3.63) is 106 Å². The van der Waals surface area contributed by atoms with E-state index in [-0.39, 0.29) is 12.1 Å². The highest BCUT2D eigenvalue weighted by Gasteiger charge is 2.27. The predicted octanol–water partition coefficient (Wildman–Crippen LogP) is 6.39. The van der Waals surface area contributed by atoms with Crippen molar-refractivity contribution in [2.45, 2.75) is 0 Å². The summed E-state index contributed by atoms with van der Waals surface area (Å²) in [7, 11) is 0. The fraction of sp³-hybridized carbons (Fsp3) is 0. The molecule has 0 aliphatic heterocycles. The van der Waals surface area contributed by atoms with Crippen LogP contribution in [0.5, 0.6) is 11.5 Å². The van der Waals surface area contributed by atoms with Crippen LogP contribution in [0.15, 0.2) is 48.5 Å². The topological polar surface area (TPSA) is 52.6 Å². The van der Waals surface area contributed by atoms with Gasteiger partial charge in [0.2, 0.25) is 0 Å². The Morgan fingerprint density at radius 3 is 1.22 bits per heavy atom. The summed E-state index contributed by atoms with van der Waals surface area (Å²) >= 11 is 0. The maximum atomic E-state index is 14.5. The zero-order chi connectivity index (χ0) is 26.3. The van der Waals surface area contributed by atoms with Crippen molar-refractivity contribution < 1.29 is 54.2 Å². The predicted molar refractivity (Wildman–Crippen MR) is 106 cm³/mol. The minimum Gasteiger partial charge on any atom is -0.422 e. The SMILES string of the molecule is O=C(Oc1cc(F)c(F)c2c(F)c(F)cc(OC(=O)c3ccc(F)c(F)c3)c12)c1ccc(F)c(F)c1. The Bertz CT molecular complexity index is 1460. The van der Waals surface area contributed by atoms with Crippen LogP contribution in [0.1, 0.15) is 20.7 Å². The number of esters is 2. The summed E-state index contributed by atoms with van der Waals surface area (Å²) in [6.07, 6.45) is 0. The molecule has 36 heavy (non-hydrogen) atoms. The van der Waals surface area contributed by atoms with Crippen molar-refractivity contribution in [2.75, 3.05) is 0 Å². The normalized spacial score (nSPS) is 11.0. The van der Waals surface area contributed by atoms with E-state index in [9.17, 15) is 44.7 Å². The van der Waals surface area contributed by atoms with Gasteiger partial charge in [0.05, 0.1) is 21.9 Å². The second-order valence-corrected chi connectivity index (χ2v) is 7.13. The molecule has 0 heterocycles. The fourth-order valence-electron chi connectivity index (χ4n) is 3.15. The largest absolute Gasteiger partial charge is 0.422 e. The van der Waals surface area contributed by atoms with Crippen LogP contribution in [0.4, 0.5) is 35.1 Å². The van der Waals surface area contributed by atoms with Crippen LogP contribution in [0.25, 0.3) is 10.8 Å². The van der Waals surface area contributed by atoms with E-state index in [0.717, 1.165) is 12.1 Å². The van der Waals surface area contributed by atoms with Crippen LogP contribution >= 0.6 is 0 Å². The number of fused-ring (bicyclic) bond motifs is 1. The Labute approximate surface area is 195 Å². The smallest absolute Gasteiger partial charge is 0.343 e. The molecule has 0 N–H and O–H groups in total. The third-order valence-electron chi connectivity index (χ3n) is 4.83. The van der Waals surface area contributed by atoms with Crippen LogP contribution in [0.2, 0.25) is 0 Å². The third kappa shape index (κ3) is 4.44. The maximum Gasteiger partial charge on any atom is 0.343 e. The van der Waals surface area contributed by atoms with Crippen molar-refractivity contribution in [3.63, 3.8) is 0 Å². The number of rotatable bonds is 4. The number of halogens is 8. The molecule has 184 valence electrons. The Balaban J connectivity index is 1.85. The van der Waals surface area contributed by atoms with Crippen LogP contribution in [-0.2, 0) is 0 Å². The van der Waals surface area contributed by atoms with Crippen molar-refractivity contribution in [2.24, 2.45) is 0 Å². The van der Waals surface area contributed by atoms with E-state index in [1.54, 1.807) is 0 Å². The summed E-state index contributed by atoms with van der Waals surface area (Å²) in [5.74, 6) is -17.9. The molecule has 0 fully saturated rings. The average molecular weight is 512 g/mol. The molecule has 0 saturated carbocycles. The second-order valence-electron chi connectivity index (χ2n) is 7.13. The molecule has 12 heteroatoms. The van der Waals surface area contributed by atoms with Crippen molar-refractivity contribution in [3.8, 4) is 11.5 Å². The van der Waals surface area contributed by atoms with Crippen LogP contribution < -0.4 is 9.47 Å². The van der Waals surface area contributed by atoms with E-state index >= 15 is 0 Å². The number of benzene rings is 4. The molecule has 0 unspecified atom stereocenters. The first-order valence-corrected chi connectivity index (χ1v) is 9.62. The number of carbonyl (C=O) groups excluding carboxylic acids is 2. The van der Waals surface area contributed by atoms with Gasteiger partial charge in [0.15, 0.2) is 46.5 Å². The van der Waals surface area contributed by atoms with Crippen LogP contribution in [-0.4, -0.2) is 11.9 Å². The van der Waals surface area contributed by atoms with E-state index < -0.39 is 91.9 Å². The first-order valence-electron chi connectivity index (χ1n) is 9.62. The van der Waals surface area contributed by atoms with Crippen molar-refractivity contribution in [1.82, 2.24) is 0 Å². The van der Waals surface area contributed by atoms with E-state index in [0.29, 0.717) is 24.3 Å². The van der Waals surface area contributed by atoms with Gasteiger partial charge in [-0.25, -0.2) is 44.7 Å². The maximum absolute atomic E-state index is 14.5. The van der Waals surface area contributed by atoms with Crippen molar-refractivity contribution in [1.29, 1.82) is 0 Å². The first-order chi connectivity index (χ1) is 17.0. The summed E-state index contributed by atoms with van der Waals surface area (Å²) in [5, 5.41) is -2.36. The first kappa shape index (κ1) is 24.6. The Kier molecular flexibility index (Phi) is 6.35. The molecule has 4 rings (SSSR count). The van der Waals surface area contributed by atoms with E-state index in [1.807, 2.05) is 0 Å². The lowest BCUT2D eigenvalue weighted by Gasteiger charge is -2.14. The van der Waals surface area contributed by atoms with E-state index in [4.69, 9.17) is 9.47 Å². The van der Waals surface area contributed by atoms with Gasteiger partial charge in [0, 0.05) is 12.1 Å². The van der Waals surface area contributed by atoms with Gasteiger partial charge in [-0.3, -0.25) is 0 Å². The molecule has 0 spiro atoms. The second kappa shape index (κ2) is 9.29. The molecule has 0 aliphatic rings. The quantitative estimate of drug-likeness (QED) is 0.181. The lowest BCUT2D eigenvalue weighted by molar-refractivity contribution is 0.0735. The summed E-state index contributed by atoms with van der Waals surface area (Å²) in [5.41, 5.74) is -1.20. The number of ether oxygens (including phenoxy) is 2. The lowest BCUT2D eigenvalue weighted by Crippen LogP contribution is -2.13. The summed E-state index contributed by atoms with van der Waals surface area (Å²) in [6.45, 7) is 0. The summed E-state index contributed by atoms with van der Waals surface area (Å²) in [6, 6.07) is 4.02. The molecular formula is C24H8F8O4. The average Bonchev–Trinajstić information content (AvgIpc) is 2.82. The molecule has 4 nitrogen and oxygen atoms in total. The van der Waals surface area contributed by atoms with Gasteiger partial charge < -0.3 is 9.47 Å². The van der Waals surface area contributed by atoms with Crippen molar-refractivity contribution >= 4 is 22.7 Å². The molecule has 0 saturated heterocycles. The molecule has 0 radical (unpaired) electrons. The lowest BCUT2D eigenvalue weighted by atomic mass is 10.1. The standard InChI is InChI=1S/C24H8F8O4/c25-11-3-1-9(5-13(11)27)23(33)35-17-7-15(29)21(31)20-19(17)18(8-16(30)22(20)32)36-24(34)10-2-4-12(26)14(28)6-10/h1-8H. The van der Waals surface area contributed by atoms with Gasteiger partial charge in [-0.05, 0) is 36.4 Å². The number of hydrogen-bond acceptors (Lipinski definition) is 4. The third-order valence-corrected chi connectivity index (χ3v) is 4.83. The van der Waals surface area contributed by atoms with Crippen LogP contribution in [0.3, 0.4) is 0 Å². The molecule has 0 aromatic heterocycles. The van der Waals surface area contributed by atoms with E-state index in [2.05, 4.69) is 0 Å². The molecular weight excluding hydrogens is 504 g/mol. The zero-order valence-corrected chi connectivity index (χ0v) is 17.3. The minimum atomic E-state index is -1.94. The number of hydrogen-bond donors (Lipinski definition) is 0. The summed E-state index contributed by atoms with van der Waals surface area (Å²) < 4.78 is 120. The highest BCUT2D eigenvalue weighted by molar-refractivity contribution is 6.01. The Morgan fingerprint density at radius 1 is 0.472 bits per heavy atom. The van der Waals surface area contributed by atoms with Gasteiger partial charge >= 0.3 is 11.9 Å². The highest BCUT2D eigenvalue weighted by atomic mass is 19.2. The Morgan fingerprint density at radius 2 is 0.861 bits per heavy atom. The molecule has 0 amide bonds. The zero-order valence-electron chi connectivity index (χ0n) is 17.3. The van der Waals surface area contributed by atoms with Gasteiger partial charge in [-0.1, -0.05) is 0 Å². The molecule has 4 aromatic rings. The van der Waals surface area contributed by atoms with Gasteiger partial charge in [-0.15, -0.1) is 0 Å². The molecule has 0 atom stereocenters. The van der Waals surface area contributed by atoms with Gasteiger partial charge in [-0.2, -0.15) is 0 Å². The monoisotopic (exact) mass is 512 g/mol. The highest BCUT2D eigenvalue weighted by Crippen LogP contribution is 2.40. The molecule has 0 bridgehead atoms. The Hall–Kier alpha value is -4.48.